The quantitative estimate of drug-likeness (QED) is 0.522. The molecule has 0 saturated carbocycles. The zero-order chi connectivity index (χ0) is 22.1. The van der Waals surface area contributed by atoms with Crippen LogP contribution in [-0.2, 0) is 0 Å². The Hall–Kier alpha value is -4.24. The molecule has 158 valence electrons. The summed E-state index contributed by atoms with van der Waals surface area (Å²) in [6.07, 6.45) is 10.1. The van der Waals surface area contributed by atoms with E-state index in [2.05, 4.69) is 42.1 Å². The Balaban J connectivity index is 1.42. The topological polar surface area (TPSA) is 123 Å². The summed E-state index contributed by atoms with van der Waals surface area (Å²) in [5, 5.41) is 24.6. The van der Waals surface area contributed by atoms with Gasteiger partial charge in [-0.2, -0.15) is 15.6 Å². The molecule has 1 aliphatic heterocycles. The Morgan fingerprint density at radius 1 is 1.25 bits per heavy atom. The predicted molar refractivity (Wildman–Crippen MR) is 118 cm³/mol. The van der Waals surface area contributed by atoms with Crippen LogP contribution in [0.25, 0.3) is 22.3 Å². The summed E-state index contributed by atoms with van der Waals surface area (Å²) < 4.78 is 1.89. The van der Waals surface area contributed by atoms with Gasteiger partial charge in [0.05, 0.1) is 36.0 Å². The van der Waals surface area contributed by atoms with Crippen LogP contribution in [0.3, 0.4) is 0 Å². The number of hydrogen-bond donors (Lipinski definition) is 1. The van der Waals surface area contributed by atoms with E-state index in [1.54, 1.807) is 12.4 Å². The molecule has 32 heavy (non-hydrogen) atoms. The molecule has 2 atom stereocenters. The molecule has 9 nitrogen and oxygen atoms in total. The fourth-order valence-electron chi connectivity index (χ4n) is 4.53. The van der Waals surface area contributed by atoms with Crippen molar-refractivity contribution in [3.63, 3.8) is 0 Å². The first-order valence-corrected chi connectivity index (χ1v) is 10.5. The number of aryl methyl sites for hydroxylation is 1. The maximum Gasteiger partial charge on any atom is 0.146 e. The third-order valence-electron chi connectivity index (χ3n) is 6.19. The molecular weight excluding hydrogens is 402 g/mol. The third kappa shape index (κ3) is 3.34. The van der Waals surface area contributed by atoms with E-state index in [-0.39, 0.29) is 12.0 Å². The highest BCUT2D eigenvalue weighted by Gasteiger charge is 2.33. The van der Waals surface area contributed by atoms with E-state index in [0.29, 0.717) is 12.0 Å². The molecule has 0 unspecified atom stereocenters. The normalized spacial score (nSPS) is 16.7. The summed E-state index contributed by atoms with van der Waals surface area (Å²) in [7, 11) is 0. The number of aromatic amines is 1. The first-order valence-electron chi connectivity index (χ1n) is 10.5. The maximum atomic E-state index is 9.58. The van der Waals surface area contributed by atoms with Gasteiger partial charge in [-0.15, -0.1) is 0 Å². The smallest absolute Gasteiger partial charge is 0.146 e. The van der Waals surface area contributed by atoms with Gasteiger partial charge >= 0.3 is 0 Å². The van der Waals surface area contributed by atoms with Crippen molar-refractivity contribution in [2.45, 2.75) is 25.8 Å². The van der Waals surface area contributed by atoms with Crippen LogP contribution in [0.4, 0.5) is 5.82 Å². The second-order valence-corrected chi connectivity index (χ2v) is 8.03. The van der Waals surface area contributed by atoms with Gasteiger partial charge in [0.1, 0.15) is 23.9 Å². The maximum absolute atomic E-state index is 9.58. The highest BCUT2D eigenvalue weighted by atomic mass is 15.3. The Labute approximate surface area is 185 Å². The summed E-state index contributed by atoms with van der Waals surface area (Å²) in [5.41, 5.74) is 4.02. The summed E-state index contributed by atoms with van der Waals surface area (Å²) in [6, 6.07) is 8.35. The molecule has 4 aromatic rings. The zero-order valence-electron chi connectivity index (χ0n) is 17.6. The Morgan fingerprint density at radius 3 is 3.00 bits per heavy atom. The zero-order valence-corrected chi connectivity index (χ0v) is 17.6. The highest BCUT2D eigenvalue weighted by molar-refractivity contribution is 5.89. The second-order valence-electron chi connectivity index (χ2n) is 8.03. The van der Waals surface area contributed by atoms with Crippen molar-refractivity contribution >= 4 is 16.9 Å². The van der Waals surface area contributed by atoms with E-state index in [4.69, 9.17) is 0 Å². The van der Waals surface area contributed by atoms with Crippen LogP contribution in [0, 0.1) is 35.5 Å². The van der Waals surface area contributed by atoms with Gasteiger partial charge in [-0.1, -0.05) is 0 Å². The fourth-order valence-corrected chi connectivity index (χ4v) is 4.53. The first kappa shape index (κ1) is 19.7. The van der Waals surface area contributed by atoms with E-state index in [1.807, 2.05) is 36.1 Å². The largest absolute Gasteiger partial charge is 0.355 e. The number of nitriles is 2. The van der Waals surface area contributed by atoms with Crippen molar-refractivity contribution in [1.29, 1.82) is 10.5 Å². The van der Waals surface area contributed by atoms with Gasteiger partial charge in [-0.3, -0.25) is 4.68 Å². The molecule has 0 spiro atoms. The van der Waals surface area contributed by atoms with Crippen molar-refractivity contribution in [3.8, 4) is 23.4 Å². The average Bonchev–Trinajstić information content (AvgIpc) is 3.57. The molecule has 1 aliphatic rings. The molecule has 0 radical (unpaired) electrons. The van der Waals surface area contributed by atoms with E-state index in [1.165, 1.54) is 6.33 Å². The molecule has 5 rings (SSSR count). The van der Waals surface area contributed by atoms with Gasteiger partial charge in [-0.25, -0.2) is 15.0 Å². The second kappa shape index (κ2) is 8.12. The predicted octanol–water partition coefficient (Wildman–Crippen LogP) is 3.38. The highest BCUT2D eigenvalue weighted by Crippen LogP contribution is 2.35. The van der Waals surface area contributed by atoms with Crippen LogP contribution in [0.2, 0.25) is 0 Å². The summed E-state index contributed by atoms with van der Waals surface area (Å²) in [5.74, 6) is 0.941. The Bertz CT molecular complexity index is 1350. The molecule has 1 saturated heterocycles. The molecule has 1 fully saturated rings. The fraction of sp³-hybridized carbons (Fsp3) is 0.304. The number of pyridine rings is 1. The first-order chi connectivity index (χ1) is 15.7. The van der Waals surface area contributed by atoms with Gasteiger partial charge in [-0.05, 0) is 31.0 Å². The lowest BCUT2D eigenvalue weighted by atomic mass is 9.96. The van der Waals surface area contributed by atoms with E-state index < -0.39 is 0 Å². The van der Waals surface area contributed by atoms with E-state index in [0.717, 1.165) is 53.2 Å². The summed E-state index contributed by atoms with van der Waals surface area (Å²) >= 11 is 0. The number of aromatic nitrogens is 6. The van der Waals surface area contributed by atoms with Gasteiger partial charge < -0.3 is 9.88 Å². The van der Waals surface area contributed by atoms with Crippen molar-refractivity contribution < 1.29 is 0 Å². The van der Waals surface area contributed by atoms with Crippen LogP contribution in [0.15, 0.2) is 43.2 Å². The summed E-state index contributed by atoms with van der Waals surface area (Å²) in [6.45, 7) is 3.44. The van der Waals surface area contributed by atoms with Crippen LogP contribution < -0.4 is 4.90 Å². The number of nitrogens with zero attached hydrogens (tertiary/aromatic N) is 8. The van der Waals surface area contributed by atoms with Gasteiger partial charge in [0, 0.05) is 48.5 Å². The molecule has 0 bridgehead atoms. The number of nitrogens with one attached hydrogen (secondary N) is 1. The molecular formula is C23H21N9. The molecule has 0 amide bonds. The number of fused-ring (bicyclic) bond motifs is 1. The Morgan fingerprint density at radius 2 is 2.16 bits per heavy atom. The van der Waals surface area contributed by atoms with Crippen LogP contribution in [-0.4, -0.2) is 42.8 Å². The van der Waals surface area contributed by atoms with Crippen molar-refractivity contribution in [2.24, 2.45) is 5.92 Å². The van der Waals surface area contributed by atoms with Crippen LogP contribution >= 0.6 is 0 Å². The van der Waals surface area contributed by atoms with Crippen molar-refractivity contribution in [1.82, 2.24) is 29.7 Å². The van der Waals surface area contributed by atoms with E-state index >= 15 is 0 Å². The molecule has 9 heteroatoms. The SMILES string of the molecule is Cc1ccnc(N2CC[C@H]([C@H](CC#N)n3cc(-c4ncnc5[nH]ccc45)cn3)C2)c1C#N. The molecule has 4 aromatic heterocycles. The lowest BCUT2D eigenvalue weighted by molar-refractivity contribution is 0.332. The van der Waals surface area contributed by atoms with Crippen molar-refractivity contribution in [2.75, 3.05) is 18.0 Å². The van der Waals surface area contributed by atoms with Gasteiger partial charge in [0.2, 0.25) is 0 Å². The minimum absolute atomic E-state index is 0.0716. The average molecular weight is 423 g/mol. The van der Waals surface area contributed by atoms with Crippen LogP contribution in [0.5, 0.6) is 0 Å². The van der Waals surface area contributed by atoms with Crippen molar-refractivity contribution in [3.05, 3.63) is 54.4 Å². The van der Waals surface area contributed by atoms with Crippen LogP contribution in [0.1, 0.15) is 30.0 Å². The van der Waals surface area contributed by atoms with Gasteiger partial charge in [0.25, 0.3) is 0 Å². The number of hydrogen-bond acceptors (Lipinski definition) is 7. The number of rotatable bonds is 5. The molecule has 5 heterocycles. The van der Waals surface area contributed by atoms with E-state index in [9.17, 15) is 10.5 Å². The number of anilines is 1. The lowest BCUT2D eigenvalue weighted by Crippen LogP contribution is -2.26. The monoisotopic (exact) mass is 423 g/mol. The molecule has 0 aromatic carbocycles. The summed E-state index contributed by atoms with van der Waals surface area (Å²) in [4.78, 5) is 18.4. The lowest BCUT2D eigenvalue weighted by Gasteiger charge is -2.23. The standard InChI is InChI=1S/C23H21N9/c1-15-3-7-27-23(19(15)10-25)31-9-5-16(12-31)20(2-6-24)32-13-17(11-30-32)21-18-4-8-26-22(18)29-14-28-21/h3-4,7-8,11,13-14,16,20H,2,5,9,12H2,1H3,(H,26,28,29)/t16-,20-/m0/s1. The third-order valence-corrected chi connectivity index (χ3v) is 6.19. The number of H-pyrrole nitrogens is 1. The van der Waals surface area contributed by atoms with Gasteiger partial charge in [0.15, 0.2) is 0 Å². The molecule has 0 aliphatic carbocycles. The molecule has 1 N–H and O–H groups in total. The minimum Gasteiger partial charge on any atom is -0.355 e. The Kier molecular flexibility index (Phi) is 5.00. The minimum atomic E-state index is -0.0716.